The number of amides is 1. The highest BCUT2D eigenvalue weighted by Gasteiger charge is 2.23. The van der Waals surface area contributed by atoms with Gasteiger partial charge in [-0.15, -0.1) is 0 Å². The fourth-order valence-corrected chi connectivity index (χ4v) is 3.66. The minimum absolute atomic E-state index is 0.000838. The SMILES string of the molecule is CCN(Cc1ccccc1)c1cc(C(=O)N2CCCC2)nc(-c2ccccc2)n1. The molecule has 1 saturated heterocycles. The van der Waals surface area contributed by atoms with Gasteiger partial charge in [-0.3, -0.25) is 4.79 Å². The molecule has 1 aliphatic rings. The second-order valence-electron chi connectivity index (χ2n) is 7.30. The van der Waals surface area contributed by atoms with Gasteiger partial charge >= 0.3 is 0 Å². The van der Waals surface area contributed by atoms with Gasteiger partial charge in [0.05, 0.1) is 0 Å². The molecule has 1 aliphatic heterocycles. The Bertz CT molecular complexity index is 953. The van der Waals surface area contributed by atoms with E-state index in [1.165, 1.54) is 5.56 Å². The van der Waals surface area contributed by atoms with Gasteiger partial charge in [-0.2, -0.15) is 0 Å². The quantitative estimate of drug-likeness (QED) is 0.630. The Morgan fingerprint density at radius 3 is 2.28 bits per heavy atom. The zero-order valence-electron chi connectivity index (χ0n) is 16.8. The summed E-state index contributed by atoms with van der Waals surface area (Å²) in [5.74, 6) is 1.38. The first-order valence-corrected chi connectivity index (χ1v) is 10.3. The summed E-state index contributed by atoms with van der Waals surface area (Å²) >= 11 is 0. The van der Waals surface area contributed by atoms with E-state index in [2.05, 4.69) is 28.9 Å². The van der Waals surface area contributed by atoms with Crippen molar-refractivity contribution in [2.45, 2.75) is 26.3 Å². The van der Waals surface area contributed by atoms with Crippen LogP contribution in [0.25, 0.3) is 11.4 Å². The van der Waals surface area contributed by atoms with Crippen LogP contribution in [0.1, 0.15) is 35.8 Å². The molecule has 148 valence electrons. The third kappa shape index (κ3) is 4.45. The van der Waals surface area contributed by atoms with Crippen LogP contribution in [-0.2, 0) is 6.54 Å². The lowest BCUT2D eigenvalue weighted by Crippen LogP contribution is -2.30. The monoisotopic (exact) mass is 386 g/mol. The molecule has 5 heteroatoms. The van der Waals surface area contributed by atoms with Gasteiger partial charge in [-0.1, -0.05) is 60.7 Å². The highest BCUT2D eigenvalue weighted by atomic mass is 16.2. The number of nitrogens with zero attached hydrogens (tertiary/aromatic N) is 4. The van der Waals surface area contributed by atoms with E-state index in [0.717, 1.165) is 50.4 Å². The molecule has 0 radical (unpaired) electrons. The molecule has 0 aliphatic carbocycles. The number of likely N-dealkylation sites (tertiary alicyclic amines) is 1. The fourth-order valence-electron chi connectivity index (χ4n) is 3.66. The predicted octanol–water partition coefficient (Wildman–Crippen LogP) is 4.41. The minimum Gasteiger partial charge on any atom is -0.352 e. The second kappa shape index (κ2) is 8.86. The van der Waals surface area contributed by atoms with Gasteiger partial charge in [0, 0.05) is 37.8 Å². The van der Waals surface area contributed by atoms with Crippen LogP contribution in [0.3, 0.4) is 0 Å². The lowest BCUT2D eigenvalue weighted by Gasteiger charge is -2.24. The van der Waals surface area contributed by atoms with Gasteiger partial charge < -0.3 is 9.80 Å². The minimum atomic E-state index is -0.000838. The van der Waals surface area contributed by atoms with Crippen molar-refractivity contribution < 1.29 is 4.79 Å². The normalized spacial score (nSPS) is 13.5. The third-order valence-corrected chi connectivity index (χ3v) is 5.28. The number of aromatic nitrogens is 2. The summed E-state index contributed by atoms with van der Waals surface area (Å²) in [4.78, 5) is 26.6. The molecule has 3 aromatic rings. The molecule has 2 heterocycles. The number of hydrogen-bond acceptors (Lipinski definition) is 4. The molecule has 0 atom stereocenters. The van der Waals surface area contributed by atoms with Crippen LogP contribution in [0.15, 0.2) is 66.7 Å². The highest BCUT2D eigenvalue weighted by Crippen LogP contribution is 2.23. The van der Waals surface area contributed by atoms with Crippen LogP contribution < -0.4 is 4.90 Å². The smallest absolute Gasteiger partial charge is 0.272 e. The van der Waals surface area contributed by atoms with Crippen molar-refractivity contribution in [1.29, 1.82) is 0 Å². The molecule has 0 bridgehead atoms. The van der Waals surface area contributed by atoms with Crippen LogP contribution in [0.2, 0.25) is 0 Å². The van der Waals surface area contributed by atoms with Crippen molar-refractivity contribution in [3.8, 4) is 11.4 Å². The second-order valence-corrected chi connectivity index (χ2v) is 7.30. The van der Waals surface area contributed by atoms with Crippen molar-refractivity contribution in [2.75, 3.05) is 24.5 Å². The summed E-state index contributed by atoms with van der Waals surface area (Å²) in [6.07, 6.45) is 2.12. The van der Waals surface area contributed by atoms with E-state index in [1.54, 1.807) is 0 Å². The van der Waals surface area contributed by atoms with Gasteiger partial charge in [0.1, 0.15) is 11.5 Å². The summed E-state index contributed by atoms with van der Waals surface area (Å²) in [6.45, 7) is 5.24. The Labute approximate surface area is 172 Å². The lowest BCUT2D eigenvalue weighted by molar-refractivity contribution is 0.0787. The summed E-state index contributed by atoms with van der Waals surface area (Å²) in [5, 5.41) is 0. The molecule has 1 fully saturated rings. The molecule has 0 saturated carbocycles. The van der Waals surface area contributed by atoms with Crippen LogP contribution in [-0.4, -0.2) is 40.4 Å². The molecular formula is C24H26N4O. The van der Waals surface area contributed by atoms with E-state index < -0.39 is 0 Å². The van der Waals surface area contributed by atoms with Crippen molar-refractivity contribution in [3.63, 3.8) is 0 Å². The van der Waals surface area contributed by atoms with Crippen molar-refractivity contribution in [2.24, 2.45) is 0 Å². The Morgan fingerprint density at radius 1 is 0.966 bits per heavy atom. The standard InChI is InChI=1S/C24H26N4O/c1-2-27(18-19-11-5-3-6-12-19)22-17-21(24(29)28-15-9-10-16-28)25-23(26-22)20-13-7-4-8-14-20/h3-8,11-14,17H,2,9-10,15-16,18H2,1H3. The number of hydrogen-bond donors (Lipinski definition) is 0. The fraction of sp³-hybridized carbons (Fsp3) is 0.292. The first-order chi connectivity index (χ1) is 14.2. The predicted molar refractivity (Wildman–Crippen MR) is 116 cm³/mol. The zero-order valence-corrected chi connectivity index (χ0v) is 16.8. The molecule has 2 aromatic carbocycles. The Balaban J connectivity index is 1.73. The molecular weight excluding hydrogens is 360 g/mol. The number of carbonyl (C=O) groups is 1. The molecule has 0 N–H and O–H groups in total. The van der Waals surface area contributed by atoms with E-state index >= 15 is 0 Å². The maximum Gasteiger partial charge on any atom is 0.272 e. The van der Waals surface area contributed by atoms with Crippen LogP contribution in [0.4, 0.5) is 5.82 Å². The summed E-state index contributed by atoms with van der Waals surface area (Å²) < 4.78 is 0. The maximum absolute atomic E-state index is 13.1. The van der Waals surface area contributed by atoms with Gasteiger partial charge in [0.25, 0.3) is 5.91 Å². The maximum atomic E-state index is 13.1. The van der Waals surface area contributed by atoms with Crippen molar-refractivity contribution in [3.05, 3.63) is 78.0 Å². The Hall–Kier alpha value is -3.21. The first kappa shape index (κ1) is 19.1. The molecule has 0 unspecified atom stereocenters. The van der Waals surface area contributed by atoms with Crippen LogP contribution in [0, 0.1) is 0 Å². The summed E-state index contributed by atoms with van der Waals surface area (Å²) in [6, 6.07) is 22.0. The average Bonchev–Trinajstić information content (AvgIpc) is 3.33. The average molecular weight is 386 g/mol. The third-order valence-electron chi connectivity index (χ3n) is 5.28. The summed E-state index contributed by atoms with van der Waals surface area (Å²) in [7, 11) is 0. The van der Waals surface area contributed by atoms with Gasteiger partial charge in [0.2, 0.25) is 0 Å². The van der Waals surface area contributed by atoms with E-state index in [1.807, 2.05) is 59.5 Å². The number of benzene rings is 2. The molecule has 1 aromatic heterocycles. The number of anilines is 1. The van der Waals surface area contributed by atoms with E-state index in [9.17, 15) is 4.79 Å². The lowest BCUT2D eigenvalue weighted by atomic mass is 10.2. The summed E-state index contributed by atoms with van der Waals surface area (Å²) in [5.41, 5.74) is 2.60. The van der Waals surface area contributed by atoms with E-state index in [0.29, 0.717) is 11.5 Å². The van der Waals surface area contributed by atoms with Crippen molar-refractivity contribution >= 4 is 11.7 Å². The zero-order chi connectivity index (χ0) is 20.1. The van der Waals surface area contributed by atoms with Gasteiger partial charge in [0.15, 0.2) is 5.82 Å². The molecule has 1 amide bonds. The Kier molecular flexibility index (Phi) is 5.84. The number of carbonyl (C=O) groups excluding carboxylic acids is 1. The van der Waals surface area contributed by atoms with Gasteiger partial charge in [-0.25, -0.2) is 9.97 Å². The topological polar surface area (TPSA) is 49.3 Å². The molecule has 4 rings (SSSR count). The molecule has 5 nitrogen and oxygen atoms in total. The van der Waals surface area contributed by atoms with Crippen molar-refractivity contribution in [1.82, 2.24) is 14.9 Å². The van der Waals surface area contributed by atoms with Crippen LogP contribution in [0.5, 0.6) is 0 Å². The Morgan fingerprint density at radius 2 is 1.62 bits per heavy atom. The molecule has 0 spiro atoms. The number of rotatable bonds is 6. The first-order valence-electron chi connectivity index (χ1n) is 10.3. The van der Waals surface area contributed by atoms with Crippen LogP contribution >= 0.6 is 0 Å². The largest absolute Gasteiger partial charge is 0.352 e. The van der Waals surface area contributed by atoms with E-state index in [-0.39, 0.29) is 5.91 Å². The highest BCUT2D eigenvalue weighted by molar-refractivity contribution is 5.93. The van der Waals surface area contributed by atoms with Gasteiger partial charge in [-0.05, 0) is 25.3 Å². The molecule has 29 heavy (non-hydrogen) atoms. The van der Waals surface area contributed by atoms with E-state index in [4.69, 9.17) is 4.98 Å².